The number of anilines is 1. The van der Waals surface area contributed by atoms with Gasteiger partial charge < -0.3 is 23.9 Å². The van der Waals surface area contributed by atoms with Gasteiger partial charge in [0.15, 0.2) is 0 Å². The monoisotopic (exact) mass is 471 g/mol. The first-order valence-electron chi connectivity index (χ1n) is 12.0. The lowest BCUT2D eigenvalue weighted by molar-refractivity contribution is -0.0109. The number of para-hydroxylation sites is 2. The Hall–Kier alpha value is -3.84. The van der Waals surface area contributed by atoms with Crippen LogP contribution >= 0.6 is 0 Å². The van der Waals surface area contributed by atoms with Crippen molar-refractivity contribution >= 4 is 17.2 Å². The summed E-state index contributed by atoms with van der Waals surface area (Å²) in [7, 11) is 0. The lowest BCUT2D eigenvalue weighted by atomic mass is 10.1. The number of amides is 1. The summed E-state index contributed by atoms with van der Waals surface area (Å²) in [6.45, 7) is 3.61. The molecule has 0 radical (unpaired) electrons. The fourth-order valence-corrected chi connectivity index (χ4v) is 4.12. The number of pyridine rings is 1. The van der Waals surface area contributed by atoms with Crippen molar-refractivity contribution in [1.82, 2.24) is 9.38 Å². The van der Waals surface area contributed by atoms with Gasteiger partial charge in [0.2, 0.25) is 0 Å². The van der Waals surface area contributed by atoms with E-state index in [4.69, 9.17) is 14.2 Å². The van der Waals surface area contributed by atoms with Gasteiger partial charge in [-0.2, -0.15) is 0 Å². The highest BCUT2D eigenvalue weighted by Crippen LogP contribution is 2.26. The van der Waals surface area contributed by atoms with Crippen molar-refractivity contribution in [3.8, 4) is 11.5 Å². The number of carbonyl (C=O) groups excluding carboxylic acids is 1. The van der Waals surface area contributed by atoms with Crippen LogP contribution in [0.5, 0.6) is 11.5 Å². The number of aromatic nitrogens is 2. The molecule has 5 rings (SSSR count). The number of hydrogen-bond donors (Lipinski definition) is 1. The summed E-state index contributed by atoms with van der Waals surface area (Å²) in [6, 6.07) is 18.6. The topological polar surface area (TPSA) is 74.1 Å². The van der Waals surface area contributed by atoms with Crippen LogP contribution < -0.4 is 14.8 Å². The summed E-state index contributed by atoms with van der Waals surface area (Å²) < 4.78 is 19.6. The van der Waals surface area contributed by atoms with Crippen LogP contribution in [0.2, 0.25) is 0 Å². The van der Waals surface area contributed by atoms with E-state index in [2.05, 4.69) is 10.3 Å². The number of imidazole rings is 1. The maximum atomic E-state index is 13.0. The summed E-state index contributed by atoms with van der Waals surface area (Å²) in [5.41, 5.74) is 3.98. The zero-order chi connectivity index (χ0) is 24.0. The van der Waals surface area contributed by atoms with Gasteiger partial charge in [-0.25, -0.2) is 4.98 Å². The highest BCUT2D eigenvalue weighted by Gasteiger charge is 2.16. The Labute approximate surface area is 204 Å². The molecule has 2 aromatic carbocycles. The molecule has 1 N–H and O–H groups in total. The molecule has 1 amide bonds. The molecular weight excluding hydrogens is 442 g/mol. The molecule has 0 bridgehead atoms. The number of rotatable bonds is 8. The number of hydrogen-bond acceptors (Lipinski definition) is 5. The van der Waals surface area contributed by atoms with E-state index in [1.807, 2.05) is 66.2 Å². The molecule has 0 aliphatic carbocycles. The van der Waals surface area contributed by atoms with E-state index in [1.165, 1.54) is 0 Å². The maximum Gasteiger partial charge on any atom is 0.255 e. The summed E-state index contributed by atoms with van der Waals surface area (Å²) >= 11 is 0. The van der Waals surface area contributed by atoms with Gasteiger partial charge in [0.05, 0.1) is 17.5 Å². The predicted molar refractivity (Wildman–Crippen MR) is 134 cm³/mol. The first-order valence-corrected chi connectivity index (χ1v) is 12.0. The Balaban J connectivity index is 1.21. The second kappa shape index (κ2) is 10.6. The SMILES string of the molecule is Cc1ccc2nc(COc3cccc(C(=O)Nc4ccccc4OCC4CCCCO4)c3)cn2c1. The molecule has 1 aliphatic heterocycles. The first kappa shape index (κ1) is 22.9. The van der Waals surface area contributed by atoms with Crippen LogP contribution in [0, 0.1) is 6.92 Å². The van der Waals surface area contributed by atoms with E-state index in [9.17, 15) is 4.79 Å². The second-order valence-electron chi connectivity index (χ2n) is 8.77. The lowest BCUT2D eigenvalue weighted by Gasteiger charge is -2.23. The Morgan fingerprint density at radius 1 is 1.09 bits per heavy atom. The van der Waals surface area contributed by atoms with Crippen molar-refractivity contribution in [3.63, 3.8) is 0 Å². The average molecular weight is 472 g/mol. The molecule has 7 nitrogen and oxygen atoms in total. The third-order valence-electron chi connectivity index (χ3n) is 5.97. The van der Waals surface area contributed by atoms with Gasteiger partial charge in [0.25, 0.3) is 5.91 Å². The van der Waals surface area contributed by atoms with Crippen LogP contribution in [0.25, 0.3) is 5.65 Å². The number of carbonyl (C=O) groups is 1. The molecule has 0 saturated carbocycles. The first-order chi connectivity index (χ1) is 17.1. The van der Waals surface area contributed by atoms with E-state index in [0.717, 1.165) is 42.8 Å². The van der Waals surface area contributed by atoms with Crippen LogP contribution in [-0.2, 0) is 11.3 Å². The molecule has 1 unspecified atom stereocenters. The van der Waals surface area contributed by atoms with Crippen LogP contribution in [0.3, 0.4) is 0 Å². The van der Waals surface area contributed by atoms with Crippen molar-refractivity contribution in [2.24, 2.45) is 0 Å². The molecule has 2 aromatic heterocycles. The molecule has 0 spiro atoms. The quantitative estimate of drug-likeness (QED) is 0.371. The normalized spacial score (nSPS) is 15.6. The molecule has 35 heavy (non-hydrogen) atoms. The van der Waals surface area contributed by atoms with E-state index >= 15 is 0 Å². The molecule has 1 atom stereocenters. The standard InChI is InChI=1S/C28H29N3O4/c1-20-12-13-27-29-22(17-31(27)16-20)18-34-23-9-6-7-21(15-23)28(32)30-25-10-2-3-11-26(25)35-19-24-8-4-5-14-33-24/h2-3,6-7,9-13,15-17,24H,4-5,8,14,18-19H2,1H3,(H,30,32). The molecule has 180 valence electrons. The molecule has 4 aromatic rings. The second-order valence-corrected chi connectivity index (χ2v) is 8.77. The van der Waals surface area contributed by atoms with E-state index in [0.29, 0.717) is 36.0 Å². The Kier molecular flexibility index (Phi) is 6.95. The van der Waals surface area contributed by atoms with Crippen molar-refractivity contribution in [1.29, 1.82) is 0 Å². The summed E-state index contributed by atoms with van der Waals surface area (Å²) in [6.07, 6.45) is 7.33. The summed E-state index contributed by atoms with van der Waals surface area (Å²) in [5, 5.41) is 2.96. The van der Waals surface area contributed by atoms with E-state index in [-0.39, 0.29) is 12.0 Å². The van der Waals surface area contributed by atoms with Gasteiger partial charge in [-0.05, 0) is 68.1 Å². The van der Waals surface area contributed by atoms with Gasteiger partial charge in [-0.3, -0.25) is 4.79 Å². The van der Waals surface area contributed by atoms with Gasteiger partial charge >= 0.3 is 0 Å². The number of nitrogens with zero attached hydrogens (tertiary/aromatic N) is 2. The largest absolute Gasteiger partial charge is 0.489 e. The number of fused-ring (bicyclic) bond motifs is 1. The Bertz CT molecular complexity index is 1310. The lowest BCUT2D eigenvalue weighted by Crippen LogP contribution is -2.26. The molecule has 1 saturated heterocycles. The molecule has 1 aliphatic rings. The summed E-state index contributed by atoms with van der Waals surface area (Å²) in [5.74, 6) is 0.998. The third kappa shape index (κ3) is 5.81. The third-order valence-corrected chi connectivity index (χ3v) is 5.97. The van der Waals surface area contributed by atoms with Crippen molar-refractivity contribution in [2.45, 2.75) is 38.9 Å². The van der Waals surface area contributed by atoms with Crippen LogP contribution in [0.15, 0.2) is 73.1 Å². The Morgan fingerprint density at radius 3 is 2.89 bits per heavy atom. The number of aryl methyl sites for hydroxylation is 1. The highest BCUT2D eigenvalue weighted by molar-refractivity contribution is 6.05. The van der Waals surface area contributed by atoms with Crippen LogP contribution in [0.1, 0.15) is 40.9 Å². The molecule has 3 heterocycles. The smallest absolute Gasteiger partial charge is 0.255 e. The van der Waals surface area contributed by atoms with Crippen molar-refractivity contribution < 1.29 is 19.0 Å². The minimum absolute atomic E-state index is 0.0956. The molecule has 1 fully saturated rings. The fraction of sp³-hybridized carbons (Fsp3) is 0.286. The van der Waals surface area contributed by atoms with Crippen LogP contribution in [-0.4, -0.2) is 34.6 Å². The zero-order valence-corrected chi connectivity index (χ0v) is 19.8. The molecular formula is C28H29N3O4. The average Bonchev–Trinajstić information content (AvgIpc) is 3.30. The number of benzene rings is 2. The zero-order valence-electron chi connectivity index (χ0n) is 19.8. The van der Waals surface area contributed by atoms with E-state index in [1.54, 1.807) is 18.2 Å². The molecule has 7 heteroatoms. The maximum absolute atomic E-state index is 13.0. The number of ether oxygens (including phenoxy) is 3. The minimum Gasteiger partial charge on any atom is -0.489 e. The van der Waals surface area contributed by atoms with Gasteiger partial charge in [-0.15, -0.1) is 0 Å². The van der Waals surface area contributed by atoms with Crippen molar-refractivity contribution in [3.05, 3.63) is 89.9 Å². The van der Waals surface area contributed by atoms with Crippen LogP contribution in [0.4, 0.5) is 5.69 Å². The van der Waals surface area contributed by atoms with Gasteiger partial charge in [-0.1, -0.05) is 24.3 Å². The Morgan fingerprint density at radius 2 is 2.00 bits per heavy atom. The minimum atomic E-state index is -0.233. The van der Waals surface area contributed by atoms with Gasteiger partial charge in [0.1, 0.15) is 30.4 Å². The van der Waals surface area contributed by atoms with Crippen molar-refractivity contribution in [2.75, 3.05) is 18.5 Å². The highest BCUT2D eigenvalue weighted by atomic mass is 16.5. The fourth-order valence-electron chi connectivity index (χ4n) is 4.12. The number of nitrogens with one attached hydrogen (secondary N) is 1. The predicted octanol–water partition coefficient (Wildman–Crippen LogP) is 5.42. The summed E-state index contributed by atoms with van der Waals surface area (Å²) in [4.78, 5) is 17.6. The van der Waals surface area contributed by atoms with E-state index < -0.39 is 0 Å². The van der Waals surface area contributed by atoms with Gasteiger partial charge in [0, 0.05) is 24.6 Å².